The molecule has 0 saturated heterocycles. The maximum absolute atomic E-state index is 5.59. The van der Waals surface area contributed by atoms with Crippen molar-refractivity contribution in [3.8, 4) is 5.75 Å². The number of benzene rings is 1. The summed E-state index contributed by atoms with van der Waals surface area (Å²) in [5, 5.41) is 3.80. The largest absolute Gasteiger partial charge is 0.493 e. The van der Waals surface area contributed by atoms with E-state index in [1.165, 1.54) is 30.4 Å². The van der Waals surface area contributed by atoms with Crippen molar-refractivity contribution in [3.63, 3.8) is 0 Å². The predicted molar refractivity (Wildman–Crippen MR) is 78.6 cm³/mol. The first-order chi connectivity index (χ1) is 9.26. The molecular formula is C17H25NO. The summed E-state index contributed by atoms with van der Waals surface area (Å²) in [7, 11) is 0. The summed E-state index contributed by atoms with van der Waals surface area (Å²) in [6.45, 7) is 5.45. The van der Waals surface area contributed by atoms with Gasteiger partial charge in [-0.25, -0.2) is 0 Å². The average Bonchev–Trinajstić information content (AvgIpc) is 3.09. The molecule has 1 aliphatic heterocycles. The molecular weight excluding hydrogens is 234 g/mol. The Kier molecular flexibility index (Phi) is 3.79. The summed E-state index contributed by atoms with van der Waals surface area (Å²) in [6.07, 6.45) is 6.44. The summed E-state index contributed by atoms with van der Waals surface area (Å²) in [5.74, 6) is 2.08. The minimum absolute atomic E-state index is 0.486. The number of fused-ring (bicyclic) bond motifs is 1. The summed E-state index contributed by atoms with van der Waals surface area (Å²) < 4.78 is 5.59. The van der Waals surface area contributed by atoms with E-state index in [-0.39, 0.29) is 0 Å². The minimum Gasteiger partial charge on any atom is -0.493 e. The van der Waals surface area contributed by atoms with E-state index >= 15 is 0 Å². The van der Waals surface area contributed by atoms with Crippen LogP contribution in [0.4, 0.5) is 0 Å². The Labute approximate surface area is 116 Å². The van der Waals surface area contributed by atoms with Crippen LogP contribution in [-0.4, -0.2) is 12.6 Å². The molecule has 0 bridgehead atoms. The van der Waals surface area contributed by atoms with Gasteiger partial charge >= 0.3 is 0 Å². The fourth-order valence-electron chi connectivity index (χ4n) is 3.14. The molecule has 0 spiro atoms. The summed E-state index contributed by atoms with van der Waals surface area (Å²) in [5.41, 5.74) is 2.81. The normalized spacial score (nSPS) is 20.7. The van der Waals surface area contributed by atoms with Crippen molar-refractivity contribution in [2.45, 2.75) is 58.0 Å². The fourth-order valence-corrected chi connectivity index (χ4v) is 3.14. The first-order valence-corrected chi connectivity index (χ1v) is 7.78. The van der Waals surface area contributed by atoms with Gasteiger partial charge in [0.2, 0.25) is 0 Å². The Balaban J connectivity index is 1.66. The van der Waals surface area contributed by atoms with Crippen molar-refractivity contribution in [1.82, 2.24) is 5.32 Å². The van der Waals surface area contributed by atoms with Gasteiger partial charge in [0.05, 0.1) is 6.61 Å². The van der Waals surface area contributed by atoms with E-state index in [9.17, 15) is 0 Å². The predicted octanol–water partition coefficient (Wildman–Crippen LogP) is 3.85. The lowest BCUT2D eigenvalue weighted by Gasteiger charge is -2.23. The van der Waals surface area contributed by atoms with Crippen LogP contribution in [0.3, 0.4) is 0 Å². The number of nitrogens with one attached hydrogen (secondary N) is 1. The monoisotopic (exact) mass is 259 g/mol. The third-order valence-corrected chi connectivity index (χ3v) is 4.39. The summed E-state index contributed by atoms with van der Waals surface area (Å²) >= 11 is 0. The van der Waals surface area contributed by atoms with Crippen molar-refractivity contribution < 1.29 is 4.74 Å². The second-order valence-corrected chi connectivity index (χ2v) is 6.17. The highest BCUT2D eigenvalue weighted by Crippen LogP contribution is 2.34. The number of hydrogen-bond donors (Lipinski definition) is 1. The van der Waals surface area contributed by atoms with E-state index in [1.54, 1.807) is 0 Å². The Hall–Kier alpha value is -1.02. The molecule has 104 valence electrons. The van der Waals surface area contributed by atoms with Crippen LogP contribution >= 0.6 is 0 Å². The van der Waals surface area contributed by atoms with E-state index in [4.69, 9.17) is 4.74 Å². The molecule has 1 aromatic carbocycles. The van der Waals surface area contributed by atoms with Gasteiger partial charge in [-0.15, -0.1) is 0 Å². The van der Waals surface area contributed by atoms with Gasteiger partial charge in [-0.05, 0) is 42.9 Å². The van der Waals surface area contributed by atoms with E-state index in [0.29, 0.717) is 12.1 Å². The second-order valence-electron chi connectivity index (χ2n) is 6.17. The maximum atomic E-state index is 5.59. The van der Waals surface area contributed by atoms with Crippen molar-refractivity contribution >= 4 is 0 Å². The zero-order valence-corrected chi connectivity index (χ0v) is 12.1. The molecule has 1 fully saturated rings. The summed E-state index contributed by atoms with van der Waals surface area (Å²) in [4.78, 5) is 0. The number of hydrogen-bond acceptors (Lipinski definition) is 2. The van der Waals surface area contributed by atoms with Gasteiger partial charge in [0.25, 0.3) is 0 Å². The highest BCUT2D eigenvalue weighted by molar-refractivity contribution is 5.40. The Morgan fingerprint density at radius 2 is 2.21 bits per heavy atom. The van der Waals surface area contributed by atoms with Crippen LogP contribution in [0.25, 0.3) is 0 Å². The molecule has 1 aromatic rings. The third-order valence-electron chi connectivity index (χ3n) is 4.39. The third kappa shape index (κ3) is 3.11. The van der Waals surface area contributed by atoms with Gasteiger partial charge in [0, 0.05) is 18.5 Å². The molecule has 2 heteroatoms. The van der Waals surface area contributed by atoms with Crippen LogP contribution < -0.4 is 10.1 Å². The van der Waals surface area contributed by atoms with Gasteiger partial charge in [-0.3, -0.25) is 0 Å². The molecule has 2 nitrogen and oxygen atoms in total. The van der Waals surface area contributed by atoms with E-state index in [0.717, 1.165) is 31.1 Å². The van der Waals surface area contributed by atoms with Crippen molar-refractivity contribution in [2.75, 3.05) is 6.61 Å². The number of ether oxygens (including phenoxy) is 1. The molecule has 2 unspecified atom stereocenters. The topological polar surface area (TPSA) is 21.3 Å². The van der Waals surface area contributed by atoms with E-state index in [1.807, 2.05) is 0 Å². The van der Waals surface area contributed by atoms with Gasteiger partial charge in [0.1, 0.15) is 5.75 Å². The molecule has 1 N–H and O–H groups in total. The van der Waals surface area contributed by atoms with Gasteiger partial charge in [-0.1, -0.05) is 31.9 Å². The Bertz CT molecular complexity index is 439. The van der Waals surface area contributed by atoms with Crippen LogP contribution in [0.2, 0.25) is 0 Å². The lowest BCUT2D eigenvalue weighted by Crippen LogP contribution is -2.30. The SMILES string of the molecule is CCC(NC(C)CC1CC1)c1ccc2c(c1)CCO2. The van der Waals surface area contributed by atoms with Crippen LogP contribution in [0.5, 0.6) is 5.75 Å². The number of rotatable bonds is 6. The van der Waals surface area contributed by atoms with Crippen molar-refractivity contribution in [2.24, 2.45) is 5.92 Å². The quantitative estimate of drug-likeness (QED) is 0.838. The molecule has 1 heterocycles. The Morgan fingerprint density at radius 1 is 1.37 bits per heavy atom. The van der Waals surface area contributed by atoms with Gasteiger partial charge in [-0.2, -0.15) is 0 Å². The molecule has 19 heavy (non-hydrogen) atoms. The molecule has 0 radical (unpaired) electrons. The molecule has 1 saturated carbocycles. The molecule has 2 atom stereocenters. The first-order valence-electron chi connectivity index (χ1n) is 7.78. The van der Waals surface area contributed by atoms with Gasteiger partial charge in [0.15, 0.2) is 0 Å². The van der Waals surface area contributed by atoms with Crippen molar-refractivity contribution in [1.29, 1.82) is 0 Å². The standard InChI is InChI=1S/C17H25NO/c1-3-16(18-12(2)10-13-4-5-13)14-6-7-17-15(11-14)8-9-19-17/h6-7,11-13,16,18H,3-5,8-10H2,1-2H3. The second kappa shape index (κ2) is 5.54. The van der Waals surface area contributed by atoms with Crippen LogP contribution in [0, 0.1) is 5.92 Å². The first kappa shape index (κ1) is 13.0. The van der Waals surface area contributed by atoms with Crippen LogP contribution in [-0.2, 0) is 6.42 Å². The highest BCUT2D eigenvalue weighted by atomic mass is 16.5. The Morgan fingerprint density at radius 3 is 2.95 bits per heavy atom. The average molecular weight is 259 g/mol. The van der Waals surface area contributed by atoms with E-state index in [2.05, 4.69) is 37.4 Å². The van der Waals surface area contributed by atoms with Crippen molar-refractivity contribution in [3.05, 3.63) is 29.3 Å². The van der Waals surface area contributed by atoms with Crippen LogP contribution in [0.15, 0.2) is 18.2 Å². The fraction of sp³-hybridized carbons (Fsp3) is 0.647. The molecule has 2 aliphatic rings. The summed E-state index contributed by atoms with van der Waals surface area (Å²) in [6, 6.07) is 7.83. The molecule has 0 amide bonds. The maximum Gasteiger partial charge on any atom is 0.122 e. The smallest absolute Gasteiger partial charge is 0.122 e. The molecule has 3 rings (SSSR count). The highest BCUT2D eigenvalue weighted by Gasteiger charge is 2.25. The van der Waals surface area contributed by atoms with E-state index < -0.39 is 0 Å². The lowest BCUT2D eigenvalue weighted by molar-refractivity contribution is 0.356. The minimum atomic E-state index is 0.486. The lowest BCUT2D eigenvalue weighted by atomic mass is 9.99. The zero-order chi connectivity index (χ0) is 13.2. The van der Waals surface area contributed by atoms with Crippen LogP contribution in [0.1, 0.15) is 56.7 Å². The molecule has 0 aromatic heterocycles. The zero-order valence-electron chi connectivity index (χ0n) is 12.1. The van der Waals surface area contributed by atoms with Gasteiger partial charge < -0.3 is 10.1 Å². The molecule has 1 aliphatic carbocycles.